The molecule has 2 aromatic carbocycles. The van der Waals surface area contributed by atoms with Crippen LogP contribution in [-0.2, 0) is 16.0 Å². The van der Waals surface area contributed by atoms with Gasteiger partial charge in [-0.15, -0.1) is 0 Å². The Morgan fingerprint density at radius 1 is 1.14 bits per heavy atom. The van der Waals surface area contributed by atoms with Crippen molar-refractivity contribution >= 4 is 27.7 Å². The Labute approximate surface area is 214 Å². The molecule has 2 saturated heterocycles. The third kappa shape index (κ3) is 5.60. The van der Waals surface area contributed by atoms with Crippen LogP contribution in [0.15, 0.2) is 57.5 Å². The van der Waals surface area contributed by atoms with Crippen LogP contribution in [0.1, 0.15) is 34.3 Å². The Balaban J connectivity index is 1.53. The van der Waals surface area contributed by atoms with Gasteiger partial charge in [0, 0.05) is 41.8 Å². The molecule has 0 saturated carbocycles. The van der Waals surface area contributed by atoms with Crippen molar-refractivity contribution in [3.63, 3.8) is 0 Å². The molecule has 1 atom stereocenters. The Hall–Kier alpha value is -2.68. The largest absolute Gasteiger partial charge is 0.378 e. The second-order valence-electron chi connectivity index (χ2n) is 9.11. The molecule has 7 nitrogen and oxygen atoms in total. The monoisotopic (exact) mass is 539 g/mol. The molecule has 35 heavy (non-hydrogen) atoms. The molecule has 0 unspecified atom stereocenters. The number of carbonyl (C=O) groups excluding carboxylic acids is 1. The van der Waals surface area contributed by atoms with Crippen LogP contribution in [-0.4, -0.2) is 61.5 Å². The van der Waals surface area contributed by atoms with Crippen molar-refractivity contribution in [3.8, 4) is 11.3 Å². The average Bonchev–Trinajstić information content (AvgIpc) is 3.54. The molecule has 1 amide bonds. The number of hydrogen-bond donors (Lipinski definition) is 0. The van der Waals surface area contributed by atoms with E-state index in [1.165, 1.54) is 0 Å². The first kappa shape index (κ1) is 24.0. The summed E-state index contributed by atoms with van der Waals surface area (Å²) in [6.45, 7) is 6.42. The molecule has 184 valence electrons. The minimum atomic E-state index is -0.0360. The number of hydrogen-bond acceptors (Lipinski definition) is 6. The SMILES string of the molecule is Cc1cccc(-c2noc(N3CCOCC3)c2CN(C[C@H]2CCCO2)C(=O)c2cccc(Br)c2)c1. The van der Waals surface area contributed by atoms with Gasteiger partial charge in [-0.1, -0.05) is 50.9 Å². The highest BCUT2D eigenvalue weighted by Crippen LogP contribution is 2.34. The number of amides is 1. The summed E-state index contributed by atoms with van der Waals surface area (Å²) in [5, 5.41) is 4.50. The zero-order valence-electron chi connectivity index (χ0n) is 19.9. The average molecular weight is 540 g/mol. The van der Waals surface area contributed by atoms with Crippen molar-refractivity contribution in [3.05, 3.63) is 69.7 Å². The van der Waals surface area contributed by atoms with E-state index in [0.29, 0.717) is 37.8 Å². The minimum Gasteiger partial charge on any atom is -0.378 e. The lowest BCUT2D eigenvalue weighted by Gasteiger charge is -2.29. The Bertz CT molecular complexity index is 1170. The number of morpholine rings is 1. The molecule has 2 aliphatic rings. The van der Waals surface area contributed by atoms with E-state index < -0.39 is 0 Å². The molecule has 0 aliphatic carbocycles. The number of rotatable bonds is 7. The van der Waals surface area contributed by atoms with Crippen LogP contribution in [0.4, 0.5) is 5.88 Å². The maximum atomic E-state index is 13.8. The van der Waals surface area contributed by atoms with E-state index in [-0.39, 0.29) is 12.0 Å². The minimum absolute atomic E-state index is 0.0280. The molecule has 0 N–H and O–H groups in total. The summed E-state index contributed by atoms with van der Waals surface area (Å²) in [5.74, 6) is 0.676. The van der Waals surface area contributed by atoms with Gasteiger partial charge in [0.15, 0.2) is 0 Å². The van der Waals surface area contributed by atoms with Crippen LogP contribution in [0, 0.1) is 6.92 Å². The van der Waals surface area contributed by atoms with Crippen molar-refractivity contribution in [2.45, 2.75) is 32.4 Å². The van der Waals surface area contributed by atoms with Crippen molar-refractivity contribution in [1.82, 2.24) is 10.1 Å². The Morgan fingerprint density at radius 2 is 1.97 bits per heavy atom. The van der Waals surface area contributed by atoms with Gasteiger partial charge in [-0.25, -0.2) is 0 Å². The lowest BCUT2D eigenvalue weighted by molar-refractivity contribution is 0.0507. The highest BCUT2D eigenvalue weighted by atomic mass is 79.9. The Morgan fingerprint density at radius 3 is 2.71 bits per heavy atom. The third-order valence-corrected chi connectivity index (χ3v) is 7.01. The van der Waals surface area contributed by atoms with Crippen molar-refractivity contribution in [1.29, 1.82) is 0 Å². The van der Waals surface area contributed by atoms with Gasteiger partial charge < -0.3 is 23.8 Å². The molecule has 8 heteroatoms. The maximum absolute atomic E-state index is 13.8. The van der Waals surface area contributed by atoms with E-state index in [1.54, 1.807) is 0 Å². The number of aromatic nitrogens is 1. The summed E-state index contributed by atoms with van der Waals surface area (Å²) in [4.78, 5) is 17.8. The summed E-state index contributed by atoms with van der Waals surface area (Å²) >= 11 is 3.50. The molecule has 2 aliphatic heterocycles. The molecular formula is C27H30BrN3O4. The first-order chi connectivity index (χ1) is 17.1. The molecule has 3 aromatic rings. The number of anilines is 1. The molecule has 2 fully saturated rings. The van der Waals surface area contributed by atoms with Gasteiger partial charge in [0.25, 0.3) is 5.91 Å². The maximum Gasteiger partial charge on any atom is 0.254 e. The van der Waals surface area contributed by atoms with Crippen molar-refractivity contribution in [2.75, 3.05) is 44.4 Å². The van der Waals surface area contributed by atoms with Crippen LogP contribution in [0.3, 0.4) is 0 Å². The van der Waals surface area contributed by atoms with Crippen LogP contribution in [0.5, 0.6) is 0 Å². The number of halogens is 1. The third-order valence-electron chi connectivity index (χ3n) is 6.51. The smallest absolute Gasteiger partial charge is 0.254 e. The molecule has 3 heterocycles. The molecule has 0 radical (unpaired) electrons. The lowest BCUT2D eigenvalue weighted by Crippen LogP contribution is -2.39. The van der Waals surface area contributed by atoms with Gasteiger partial charge in [-0.3, -0.25) is 4.79 Å². The van der Waals surface area contributed by atoms with E-state index in [9.17, 15) is 4.79 Å². The van der Waals surface area contributed by atoms with E-state index in [1.807, 2.05) is 41.3 Å². The number of nitrogens with zero attached hydrogens (tertiary/aromatic N) is 3. The van der Waals surface area contributed by atoms with E-state index in [2.05, 4.69) is 45.0 Å². The zero-order valence-corrected chi connectivity index (χ0v) is 21.5. The van der Waals surface area contributed by atoms with E-state index >= 15 is 0 Å². The molecule has 0 bridgehead atoms. The van der Waals surface area contributed by atoms with E-state index in [4.69, 9.17) is 14.0 Å². The van der Waals surface area contributed by atoms with Crippen molar-refractivity contribution < 1.29 is 18.8 Å². The summed E-state index contributed by atoms with van der Waals surface area (Å²) in [5.41, 5.74) is 4.45. The zero-order chi connectivity index (χ0) is 24.2. The van der Waals surface area contributed by atoms with Crippen molar-refractivity contribution in [2.24, 2.45) is 0 Å². The highest BCUT2D eigenvalue weighted by molar-refractivity contribution is 9.10. The van der Waals surface area contributed by atoms with Crippen LogP contribution in [0.25, 0.3) is 11.3 Å². The standard InChI is InChI=1S/C27H30BrN3O4/c1-19-5-2-6-20(15-19)25-24(27(35-29-25)30-10-13-33-14-11-30)18-31(17-23-9-4-12-34-23)26(32)21-7-3-8-22(28)16-21/h2-3,5-8,15-16,23H,4,9-14,17-18H2,1H3/t23-/m1/s1. The van der Waals surface area contributed by atoms with Gasteiger partial charge in [-0.05, 0) is 44.0 Å². The van der Waals surface area contributed by atoms with Gasteiger partial charge in [0.05, 0.1) is 31.4 Å². The lowest BCUT2D eigenvalue weighted by atomic mass is 10.0. The quantitative estimate of drug-likeness (QED) is 0.417. The summed E-state index contributed by atoms with van der Waals surface area (Å²) in [7, 11) is 0. The first-order valence-electron chi connectivity index (χ1n) is 12.1. The van der Waals surface area contributed by atoms with Gasteiger partial charge in [-0.2, -0.15) is 0 Å². The molecular weight excluding hydrogens is 510 g/mol. The fraction of sp³-hybridized carbons (Fsp3) is 0.407. The normalized spacial score (nSPS) is 18.1. The van der Waals surface area contributed by atoms with Gasteiger partial charge in [0.2, 0.25) is 5.88 Å². The topological polar surface area (TPSA) is 68.0 Å². The summed E-state index contributed by atoms with van der Waals surface area (Å²) in [6.07, 6.45) is 2.00. The predicted octanol–water partition coefficient (Wildman–Crippen LogP) is 5.07. The van der Waals surface area contributed by atoms with E-state index in [0.717, 1.165) is 59.4 Å². The fourth-order valence-corrected chi connectivity index (χ4v) is 5.12. The van der Waals surface area contributed by atoms with Crippen LogP contribution in [0.2, 0.25) is 0 Å². The van der Waals surface area contributed by atoms with Gasteiger partial charge in [0.1, 0.15) is 5.69 Å². The molecule has 5 rings (SSSR count). The summed E-state index contributed by atoms with van der Waals surface area (Å²) < 4.78 is 18.3. The highest BCUT2D eigenvalue weighted by Gasteiger charge is 2.30. The second-order valence-corrected chi connectivity index (χ2v) is 10.0. The predicted molar refractivity (Wildman–Crippen MR) is 138 cm³/mol. The van der Waals surface area contributed by atoms with Crippen LogP contribution >= 0.6 is 15.9 Å². The number of aryl methyl sites for hydroxylation is 1. The number of carbonyl (C=O) groups is 1. The summed E-state index contributed by atoms with van der Waals surface area (Å²) in [6, 6.07) is 15.8. The Kier molecular flexibility index (Phi) is 7.51. The number of benzene rings is 2. The first-order valence-corrected chi connectivity index (χ1v) is 12.9. The molecule has 0 spiro atoms. The number of ether oxygens (including phenoxy) is 2. The molecule has 1 aromatic heterocycles. The second kappa shape index (κ2) is 10.9. The fourth-order valence-electron chi connectivity index (χ4n) is 4.73. The van der Waals surface area contributed by atoms with Crippen LogP contribution < -0.4 is 4.90 Å². The van der Waals surface area contributed by atoms with Gasteiger partial charge >= 0.3 is 0 Å².